The summed E-state index contributed by atoms with van der Waals surface area (Å²) in [6.45, 7) is 6.88. The van der Waals surface area contributed by atoms with Gasteiger partial charge in [-0.1, -0.05) is 41.9 Å². The highest BCUT2D eigenvalue weighted by Crippen LogP contribution is 2.32. The van der Waals surface area contributed by atoms with Gasteiger partial charge in [0.1, 0.15) is 12.4 Å². The van der Waals surface area contributed by atoms with Gasteiger partial charge >= 0.3 is 0 Å². The summed E-state index contributed by atoms with van der Waals surface area (Å²) in [7, 11) is 0. The Morgan fingerprint density at radius 1 is 1.19 bits per heavy atom. The van der Waals surface area contributed by atoms with Gasteiger partial charge in [0.2, 0.25) is 0 Å². The van der Waals surface area contributed by atoms with Crippen LogP contribution in [0, 0.1) is 18.3 Å². The number of hydrogen-bond acceptors (Lipinski definition) is 2. The molecule has 0 saturated carbocycles. The first-order valence-corrected chi connectivity index (χ1v) is 7.72. The maximum atomic E-state index is 8.80. The van der Waals surface area contributed by atoms with Gasteiger partial charge in [-0.05, 0) is 53.8 Å². The zero-order valence-electron chi connectivity index (χ0n) is 12.5. The smallest absolute Gasteiger partial charge is 0.123 e. The summed E-state index contributed by atoms with van der Waals surface area (Å²) in [6.07, 6.45) is 0. The third-order valence-electron chi connectivity index (χ3n) is 3.39. The molecular formula is C18H18BrNO. The van der Waals surface area contributed by atoms with Crippen molar-refractivity contribution < 1.29 is 4.74 Å². The molecule has 2 aromatic carbocycles. The van der Waals surface area contributed by atoms with Gasteiger partial charge in [-0.2, -0.15) is 5.26 Å². The van der Waals surface area contributed by atoms with E-state index in [1.165, 1.54) is 5.56 Å². The minimum Gasteiger partial charge on any atom is -0.489 e. The van der Waals surface area contributed by atoms with Crippen LogP contribution in [-0.2, 0) is 6.61 Å². The molecule has 2 nitrogen and oxygen atoms in total. The Labute approximate surface area is 134 Å². The molecule has 0 aliphatic heterocycles. The first kappa shape index (κ1) is 15.6. The Bertz CT molecular complexity index is 669. The molecule has 0 spiro atoms. The predicted molar refractivity (Wildman–Crippen MR) is 88.5 cm³/mol. The molecule has 2 aromatic rings. The van der Waals surface area contributed by atoms with Crippen LogP contribution in [0.5, 0.6) is 5.75 Å². The number of ether oxygens (including phenoxy) is 1. The maximum Gasteiger partial charge on any atom is 0.123 e. The van der Waals surface area contributed by atoms with Crippen molar-refractivity contribution in [2.24, 2.45) is 0 Å². The second-order valence-corrected chi connectivity index (χ2v) is 6.25. The highest BCUT2D eigenvalue weighted by molar-refractivity contribution is 9.10. The quantitative estimate of drug-likeness (QED) is 0.751. The van der Waals surface area contributed by atoms with Gasteiger partial charge in [0, 0.05) is 4.47 Å². The average Bonchev–Trinajstić information content (AvgIpc) is 2.48. The lowest BCUT2D eigenvalue weighted by Gasteiger charge is -2.16. The van der Waals surface area contributed by atoms with E-state index in [0.29, 0.717) is 18.1 Å². The van der Waals surface area contributed by atoms with Gasteiger partial charge in [0.15, 0.2) is 0 Å². The van der Waals surface area contributed by atoms with Gasteiger partial charge in [0.25, 0.3) is 0 Å². The third-order valence-corrected chi connectivity index (χ3v) is 4.24. The Morgan fingerprint density at radius 2 is 1.86 bits per heavy atom. The van der Waals surface area contributed by atoms with Crippen LogP contribution in [0.2, 0.25) is 0 Å². The molecule has 2 rings (SSSR count). The van der Waals surface area contributed by atoms with Crippen molar-refractivity contribution in [3.8, 4) is 11.8 Å². The molecule has 0 saturated heterocycles. The summed E-state index contributed by atoms with van der Waals surface area (Å²) >= 11 is 3.57. The normalized spacial score (nSPS) is 10.5. The standard InChI is InChI=1S/C18H18BrNO/c1-12(2)16-9-17(19)13(3)8-18(16)21-11-15-6-4-14(10-20)5-7-15/h4-9,12H,11H2,1-3H3. The summed E-state index contributed by atoms with van der Waals surface area (Å²) in [6, 6.07) is 13.8. The number of benzene rings is 2. The summed E-state index contributed by atoms with van der Waals surface area (Å²) < 4.78 is 7.10. The second-order valence-electron chi connectivity index (χ2n) is 5.39. The van der Waals surface area contributed by atoms with E-state index in [2.05, 4.69) is 54.9 Å². The van der Waals surface area contributed by atoms with E-state index in [0.717, 1.165) is 21.3 Å². The average molecular weight is 344 g/mol. The monoisotopic (exact) mass is 343 g/mol. The summed E-state index contributed by atoms with van der Waals surface area (Å²) in [5.74, 6) is 1.33. The first-order valence-electron chi connectivity index (χ1n) is 6.93. The Kier molecular flexibility index (Phi) is 5.03. The third kappa shape index (κ3) is 3.86. The minimum atomic E-state index is 0.401. The van der Waals surface area contributed by atoms with Gasteiger partial charge in [-0.15, -0.1) is 0 Å². The highest BCUT2D eigenvalue weighted by Gasteiger charge is 2.11. The van der Waals surface area contributed by atoms with Crippen LogP contribution in [-0.4, -0.2) is 0 Å². The number of nitrogens with zero attached hydrogens (tertiary/aromatic N) is 1. The Balaban J connectivity index is 2.19. The number of hydrogen-bond donors (Lipinski definition) is 0. The molecule has 108 valence electrons. The summed E-state index contributed by atoms with van der Waals surface area (Å²) in [5.41, 5.74) is 4.08. The van der Waals surface area contributed by atoms with Crippen molar-refractivity contribution in [3.05, 3.63) is 63.1 Å². The molecule has 21 heavy (non-hydrogen) atoms. The van der Waals surface area contributed by atoms with Crippen molar-refractivity contribution in [1.29, 1.82) is 5.26 Å². The fourth-order valence-corrected chi connectivity index (χ4v) is 2.44. The van der Waals surface area contributed by atoms with Gasteiger partial charge in [0.05, 0.1) is 11.6 Å². The maximum absolute atomic E-state index is 8.80. The van der Waals surface area contributed by atoms with Crippen molar-refractivity contribution >= 4 is 15.9 Å². The Hall–Kier alpha value is -1.79. The largest absolute Gasteiger partial charge is 0.489 e. The molecule has 0 aliphatic carbocycles. The molecule has 0 aromatic heterocycles. The first-order chi connectivity index (χ1) is 10.0. The van der Waals surface area contributed by atoms with E-state index < -0.39 is 0 Å². The van der Waals surface area contributed by atoms with E-state index >= 15 is 0 Å². The van der Waals surface area contributed by atoms with Crippen molar-refractivity contribution in [1.82, 2.24) is 0 Å². The zero-order chi connectivity index (χ0) is 15.4. The van der Waals surface area contributed by atoms with Crippen molar-refractivity contribution in [3.63, 3.8) is 0 Å². The van der Waals surface area contributed by atoms with Crippen LogP contribution >= 0.6 is 15.9 Å². The lowest BCUT2D eigenvalue weighted by Crippen LogP contribution is -2.01. The summed E-state index contributed by atoms with van der Waals surface area (Å²) in [5, 5.41) is 8.80. The molecular weight excluding hydrogens is 326 g/mol. The topological polar surface area (TPSA) is 33.0 Å². The Morgan fingerprint density at radius 3 is 2.43 bits per heavy atom. The molecule has 0 unspecified atom stereocenters. The van der Waals surface area contributed by atoms with Crippen LogP contribution in [0.3, 0.4) is 0 Å². The van der Waals surface area contributed by atoms with E-state index in [1.54, 1.807) is 0 Å². The number of halogens is 1. The molecule has 0 atom stereocenters. The molecule has 3 heteroatoms. The molecule has 0 N–H and O–H groups in total. The molecule has 0 heterocycles. The molecule has 0 bridgehead atoms. The van der Waals surface area contributed by atoms with Crippen LogP contribution in [0.25, 0.3) is 0 Å². The number of aryl methyl sites for hydroxylation is 1. The number of rotatable bonds is 4. The fourth-order valence-electron chi connectivity index (χ4n) is 2.08. The predicted octanol–water partition coefficient (Wildman–Crippen LogP) is 5.33. The van der Waals surface area contributed by atoms with Gasteiger partial charge < -0.3 is 4.74 Å². The molecule has 0 aliphatic rings. The van der Waals surface area contributed by atoms with Crippen LogP contribution in [0.15, 0.2) is 40.9 Å². The van der Waals surface area contributed by atoms with Crippen LogP contribution in [0.4, 0.5) is 0 Å². The van der Waals surface area contributed by atoms with Gasteiger partial charge in [-0.3, -0.25) is 0 Å². The fraction of sp³-hybridized carbons (Fsp3) is 0.278. The van der Waals surface area contributed by atoms with Crippen molar-refractivity contribution in [2.75, 3.05) is 0 Å². The summed E-state index contributed by atoms with van der Waals surface area (Å²) in [4.78, 5) is 0. The molecule has 0 fully saturated rings. The van der Waals surface area contributed by atoms with Gasteiger partial charge in [-0.25, -0.2) is 0 Å². The van der Waals surface area contributed by atoms with Crippen LogP contribution in [0.1, 0.15) is 42.0 Å². The lowest BCUT2D eigenvalue weighted by molar-refractivity contribution is 0.301. The van der Waals surface area contributed by atoms with Crippen LogP contribution < -0.4 is 4.74 Å². The molecule has 0 amide bonds. The second kappa shape index (κ2) is 6.78. The SMILES string of the molecule is Cc1cc(OCc2ccc(C#N)cc2)c(C(C)C)cc1Br. The highest BCUT2D eigenvalue weighted by atomic mass is 79.9. The molecule has 0 radical (unpaired) electrons. The van der Waals surface area contributed by atoms with E-state index in [4.69, 9.17) is 10.00 Å². The zero-order valence-corrected chi connectivity index (χ0v) is 14.1. The van der Waals surface area contributed by atoms with E-state index in [-0.39, 0.29) is 0 Å². The van der Waals surface area contributed by atoms with Crippen molar-refractivity contribution in [2.45, 2.75) is 33.3 Å². The lowest BCUT2D eigenvalue weighted by atomic mass is 10.0. The number of nitriles is 1. The minimum absolute atomic E-state index is 0.401. The van der Waals surface area contributed by atoms with E-state index in [9.17, 15) is 0 Å². The van der Waals surface area contributed by atoms with E-state index in [1.807, 2.05) is 24.3 Å².